The number of ether oxygens (including phenoxy) is 2. The summed E-state index contributed by atoms with van der Waals surface area (Å²) in [6.45, 7) is 6.99. The van der Waals surface area contributed by atoms with Crippen molar-refractivity contribution in [3.05, 3.63) is 0 Å². The maximum absolute atomic E-state index is 11.9. The molecule has 118 valence electrons. The molecule has 0 spiro atoms. The van der Waals surface area contributed by atoms with Gasteiger partial charge in [0.05, 0.1) is 12.7 Å². The summed E-state index contributed by atoms with van der Waals surface area (Å²) in [6, 6.07) is 0. The average molecular weight is 285 g/mol. The van der Waals surface area contributed by atoms with Crippen molar-refractivity contribution in [3.8, 4) is 0 Å². The number of rotatable bonds is 8. The molecule has 0 aliphatic heterocycles. The summed E-state index contributed by atoms with van der Waals surface area (Å²) in [5.74, 6) is 0.621. The Hall–Kier alpha value is -0.610. The third-order valence-electron chi connectivity index (χ3n) is 4.55. The van der Waals surface area contributed by atoms with E-state index >= 15 is 0 Å². The largest absolute Gasteiger partial charge is 0.465 e. The maximum Gasteiger partial charge on any atom is 0.326 e. The van der Waals surface area contributed by atoms with Crippen molar-refractivity contribution in [2.75, 3.05) is 20.3 Å². The van der Waals surface area contributed by atoms with Crippen LogP contribution < -0.4 is 5.32 Å². The fourth-order valence-corrected chi connectivity index (χ4v) is 2.81. The number of likely N-dealkylation sites (N-methyl/N-ethyl adjacent to an activating group) is 1. The van der Waals surface area contributed by atoms with E-state index in [2.05, 4.69) is 12.2 Å². The van der Waals surface area contributed by atoms with Gasteiger partial charge < -0.3 is 14.8 Å². The molecule has 3 atom stereocenters. The van der Waals surface area contributed by atoms with Crippen LogP contribution in [0.2, 0.25) is 0 Å². The molecule has 0 bridgehead atoms. The highest BCUT2D eigenvalue weighted by molar-refractivity contribution is 5.80. The van der Waals surface area contributed by atoms with E-state index in [1.165, 1.54) is 25.7 Å². The summed E-state index contributed by atoms with van der Waals surface area (Å²) in [5.41, 5.74) is -0.644. The van der Waals surface area contributed by atoms with Crippen LogP contribution in [0, 0.1) is 5.92 Å². The highest BCUT2D eigenvalue weighted by atomic mass is 16.5. The zero-order valence-corrected chi connectivity index (χ0v) is 13.5. The lowest BCUT2D eigenvalue weighted by molar-refractivity contribution is -0.151. The first-order valence-electron chi connectivity index (χ1n) is 8.03. The Morgan fingerprint density at radius 1 is 1.35 bits per heavy atom. The number of carbonyl (C=O) groups is 1. The third kappa shape index (κ3) is 5.06. The van der Waals surface area contributed by atoms with Crippen molar-refractivity contribution in [2.45, 2.75) is 70.9 Å². The quantitative estimate of drug-likeness (QED) is 0.697. The molecule has 0 amide bonds. The molecule has 4 nitrogen and oxygen atoms in total. The van der Waals surface area contributed by atoms with Gasteiger partial charge in [0.2, 0.25) is 0 Å². The lowest BCUT2D eigenvalue weighted by Crippen LogP contribution is -2.49. The van der Waals surface area contributed by atoms with Crippen LogP contribution >= 0.6 is 0 Å². The Bertz CT molecular complexity index is 295. The van der Waals surface area contributed by atoms with E-state index in [9.17, 15) is 4.79 Å². The minimum atomic E-state index is -0.644. The molecule has 4 heteroatoms. The lowest BCUT2D eigenvalue weighted by Gasteiger charge is -2.31. The number of nitrogens with one attached hydrogen (secondary N) is 1. The van der Waals surface area contributed by atoms with Crippen molar-refractivity contribution in [3.63, 3.8) is 0 Å². The van der Waals surface area contributed by atoms with Gasteiger partial charge in [-0.25, -0.2) is 0 Å². The van der Waals surface area contributed by atoms with Crippen LogP contribution in [0.15, 0.2) is 0 Å². The predicted octanol–water partition coefficient (Wildman–Crippen LogP) is 2.90. The highest BCUT2D eigenvalue weighted by Gasteiger charge is 2.33. The molecule has 0 aromatic rings. The summed E-state index contributed by atoms with van der Waals surface area (Å²) in [5, 5.41) is 3.07. The van der Waals surface area contributed by atoms with E-state index in [-0.39, 0.29) is 5.97 Å². The van der Waals surface area contributed by atoms with Gasteiger partial charge in [-0.1, -0.05) is 26.2 Å². The van der Waals surface area contributed by atoms with Gasteiger partial charge in [-0.05, 0) is 46.1 Å². The minimum absolute atomic E-state index is 0.193. The van der Waals surface area contributed by atoms with Gasteiger partial charge in [-0.15, -0.1) is 0 Å². The highest BCUT2D eigenvalue weighted by Crippen LogP contribution is 2.28. The second kappa shape index (κ2) is 8.63. The molecule has 20 heavy (non-hydrogen) atoms. The molecule has 1 fully saturated rings. The van der Waals surface area contributed by atoms with E-state index in [1.54, 1.807) is 7.05 Å². The first kappa shape index (κ1) is 17.4. The number of hydrogen-bond donors (Lipinski definition) is 1. The zero-order chi connectivity index (χ0) is 15.0. The van der Waals surface area contributed by atoms with E-state index < -0.39 is 5.54 Å². The normalized spacial score (nSPS) is 26.0. The molecule has 0 radical (unpaired) electrons. The molecule has 1 rings (SSSR count). The average Bonchev–Trinajstić information content (AvgIpc) is 2.47. The second-order valence-electron chi connectivity index (χ2n) is 5.99. The molecule has 0 saturated heterocycles. The molecule has 0 heterocycles. The van der Waals surface area contributed by atoms with E-state index in [1.807, 2.05) is 13.8 Å². The monoisotopic (exact) mass is 285 g/mol. The third-order valence-corrected chi connectivity index (χ3v) is 4.55. The van der Waals surface area contributed by atoms with Gasteiger partial charge in [-0.3, -0.25) is 4.79 Å². The van der Waals surface area contributed by atoms with E-state index in [0.717, 1.165) is 12.3 Å². The Kier molecular flexibility index (Phi) is 7.52. The summed E-state index contributed by atoms with van der Waals surface area (Å²) in [4.78, 5) is 11.9. The van der Waals surface area contributed by atoms with Crippen LogP contribution in [0.1, 0.15) is 59.3 Å². The van der Waals surface area contributed by atoms with Crippen LogP contribution in [-0.2, 0) is 14.3 Å². The van der Waals surface area contributed by atoms with Crippen LogP contribution in [0.3, 0.4) is 0 Å². The SMILES string of the molecule is CCOC(=O)C(C)(CCOC1CCCC(CC)C1)NC. The first-order chi connectivity index (χ1) is 9.55. The Morgan fingerprint density at radius 2 is 2.10 bits per heavy atom. The smallest absolute Gasteiger partial charge is 0.326 e. The Morgan fingerprint density at radius 3 is 2.70 bits per heavy atom. The minimum Gasteiger partial charge on any atom is -0.465 e. The van der Waals surface area contributed by atoms with Crippen LogP contribution in [0.5, 0.6) is 0 Å². The van der Waals surface area contributed by atoms with Crippen LogP contribution in [-0.4, -0.2) is 37.9 Å². The maximum atomic E-state index is 11.9. The standard InChI is InChI=1S/C16H31NO3/c1-5-13-8-7-9-14(12-13)20-11-10-16(3,17-4)15(18)19-6-2/h13-14,17H,5-12H2,1-4H3. The van der Waals surface area contributed by atoms with Gasteiger partial charge in [0.25, 0.3) is 0 Å². The molecule has 1 saturated carbocycles. The zero-order valence-electron chi connectivity index (χ0n) is 13.5. The van der Waals surface area contributed by atoms with Gasteiger partial charge in [0, 0.05) is 6.61 Å². The van der Waals surface area contributed by atoms with Crippen molar-refractivity contribution in [2.24, 2.45) is 5.92 Å². The summed E-state index contributed by atoms with van der Waals surface area (Å²) in [6.07, 6.45) is 7.21. The summed E-state index contributed by atoms with van der Waals surface area (Å²) >= 11 is 0. The van der Waals surface area contributed by atoms with E-state index in [4.69, 9.17) is 9.47 Å². The van der Waals surface area contributed by atoms with E-state index in [0.29, 0.717) is 25.7 Å². The van der Waals surface area contributed by atoms with Crippen LogP contribution in [0.4, 0.5) is 0 Å². The fraction of sp³-hybridized carbons (Fsp3) is 0.938. The topological polar surface area (TPSA) is 47.6 Å². The summed E-state index contributed by atoms with van der Waals surface area (Å²) in [7, 11) is 1.80. The predicted molar refractivity (Wildman–Crippen MR) is 80.7 cm³/mol. The molecule has 0 aromatic heterocycles. The molecule has 1 aliphatic carbocycles. The van der Waals surface area contributed by atoms with Gasteiger partial charge in [0.15, 0.2) is 0 Å². The molecular formula is C16H31NO3. The number of esters is 1. The van der Waals surface area contributed by atoms with Crippen molar-refractivity contribution in [1.29, 1.82) is 0 Å². The lowest BCUT2D eigenvalue weighted by atomic mass is 9.85. The number of carbonyl (C=O) groups excluding carboxylic acids is 1. The fourth-order valence-electron chi connectivity index (χ4n) is 2.81. The van der Waals surface area contributed by atoms with Crippen molar-refractivity contribution in [1.82, 2.24) is 5.32 Å². The molecule has 0 aromatic carbocycles. The van der Waals surface area contributed by atoms with Crippen LogP contribution in [0.25, 0.3) is 0 Å². The Balaban J connectivity index is 2.35. The summed E-state index contributed by atoms with van der Waals surface area (Å²) < 4.78 is 11.1. The molecule has 1 N–H and O–H groups in total. The molecular weight excluding hydrogens is 254 g/mol. The second-order valence-corrected chi connectivity index (χ2v) is 5.99. The van der Waals surface area contributed by atoms with Gasteiger partial charge in [0.1, 0.15) is 5.54 Å². The molecule has 3 unspecified atom stereocenters. The Labute approximate surface area is 123 Å². The first-order valence-corrected chi connectivity index (χ1v) is 8.03. The number of hydrogen-bond acceptors (Lipinski definition) is 4. The van der Waals surface area contributed by atoms with Gasteiger partial charge >= 0.3 is 5.97 Å². The van der Waals surface area contributed by atoms with Crippen molar-refractivity contribution < 1.29 is 14.3 Å². The van der Waals surface area contributed by atoms with Crippen molar-refractivity contribution >= 4 is 5.97 Å². The van der Waals surface area contributed by atoms with Gasteiger partial charge in [-0.2, -0.15) is 0 Å². The molecule has 1 aliphatic rings.